The van der Waals surface area contributed by atoms with E-state index in [9.17, 15) is 4.79 Å². The summed E-state index contributed by atoms with van der Waals surface area (Å²) < 4.78 is 7.04. The highest BCUT2D eigenvalue weighted by molar-refractivity contribution is 5.81. The van der Waals surface area contributed by atoms with Crippen molar-refractivity contribution in [2.24, 2.45) is 5.92 Å². The van der Waals surface area contributed by atoms with Gasteiger partial charge in [0.05, 0.1) is 13.7 Å². The number of methoxy groups -OCH3 is 1. The molecule has 1 aromatic rings. The molecule has 1 saturated carbocycles. The van der Waals surface area contributed by atoms with E-state index in [0.29, 0.717) is 12.5 Å². The zero-order chi connectivity index (χ0) is 13.2. The average Bonchev–Trinajstić information content (AvgIpc) is 3.16. The van der Waals surface area contributed by atoms with Crippen LogP contribution in [0.15, 0.2) is 12.4 Å². The third kappa shape index (κ3) is 2.14. The van der Waals surface area contributed by atoms with Crippen molar-refractivity contribution in [2.75, 3.05) is 14.2 Å². The van der Waals surface area contributed by atoms with Gasteiger partial charge in [-0.2, -0.15) is 0 Å². The number of aryl methyl sites for hydroxylation is 1. The van der Waals surface area contributed by atoms with Gasteiger partial charge < -0.3 is 14.6 Å². The maximum absolute atomic E-state index is 12.2. The predicted molar refractivity (Wildman–Crippen MR) is 68.1 cm³/mol. The van der Waals surface area contributed by atoms with Crippen LogP contribution in [0.1, 0.15) is 25.6 Å². The Bertz CT molecular complexity index is 426. The lowest BCUT2D eigenvalue weighted by Crippen LogP contribution is -2.56. The summed E-state index contributed by atoms with van der Waals surface area (Å²) in [6.45, 7) is 2.65. The van der Waals surface area contributed by atoms with Gasteiger partial charge in [0.1, 0.15) is 11.4 Å². The van der Waals surface area contributed by atoms with Gasteiger partial charge in [0.2, 0.25) is 0 Å². The predicted octanol–water partition coefficient (Wildman–Crippen LogP) is 0.987. The van der Waals surface area contributed by atoms with E-state index in [4.69, 9.17) is 4.74 Å². The van der Waals surface area contributed by atoms with Gasteiger partial charge in [-0.3, -0.25) is 0 Å². The molecule has 1 aliphatic rings. The number of rotatable bonds is 6. The number of likely N-dealkylation sites (N-methyl/N-ethyl adjacent to an activating group) is 1. The minimum absolute atomic E-state index is 0.178. The van der Waals surface area contributed by atoms with Gasteiger partial charge in [0.15, 0.2) is 0 Å². The summed E-state index contributed by atoms with van der Waals surface area (Å²) in [5, 5.41) is 3.19. The molecular formula is C13H21N3O2. The van der Waals surface area contributed by atoms with E-state index in [0.717, 1.165) is 25.1 Å². The van der Waals surface area contributed by atoms with E-state index in [1.165, 1.54) is 7.11 Å². The molecule has 0 aromatic carbocycles. The second-order valence-corrected chi connectivity index (χ2v) is 4.81. The Labute approximate surface area is 108 Å². The van der Waals surface area contributed by atoms with Crippen molar-refractivity contribution in [3.63, 3.8) is 0 Å². The Kier molecular flexibility index (Phi) is 3.71. The number of carbonyl (C=O) groups is 1. The van der Waals surface area contributed by atoms with Crippen LogP contribution in [0, 0.1) is 5.92 Å². The molecule has 1 N–H and O–H groups in total. The number of nitrogens with zero attached hydrogens (tertiary/aromatic N) is 2. The molecule has 100 valence electrons. The lowest BCUT2D eigenvalue weighted by atomic mass is 9.93. The SMILES string of the molecule is CCc1nccn1CC(NC)(C(=O)OC)C1CC1. The normalized spacial score (nSPS) is 18.4. The van der Waals surface area contributed by atoms with E-state index >= 15 is 0 Å². The van der Waals surface area contributed by atoms with Crippen LogP contribution in [0.4, 0.5) is 0 Å². The molecular weight excluding hydrogens is 230 g/mol. The fourth-order valence-corrected chi connectivity index (χ4v) is 2.57. The van der Waals surface area contributed by atoms with Crippen LogP contribution in [0.25, 0.3) is 0 Å². The number of esters is 1. The fraction of sp³-hybridized carbons (Fsp3) is 0.692. The average molecular weight is 251 g/mol. The summed E-state index contributed by atoms with van der Waals surface area (Å²) in [4.78, 5) is 16.5. The lowest BCUT2D eigenvalue weighted by molar-refractivity contribution is -0.150. The molecule has 0 amide bonds. The van der Waals surface area contributed by atoms with E-state index < -0.39 is 5.54 Å². The summed E-state index contributed by atoms with van der Waals surface area (Å²) >= 11 is 0. The van der Waals surface area contributed by atoms with Gasteiger partial charge in [-0.1, -0.05) is 6.92 Å². The number of nitrogens with one attached hydrogen (secondary N) is 1. The van der Waals surface area contributed by atoms with Crippen LogP contribution < -0.4 is 5.32 Å². The number of carbonyl (C=O) groups excluding carboxylic acids is 1. The number of imidazole rings is 1. The smallest absolute Gasteiger partial charge is 0.328 e. The molecule has 1 aliphatic carbocycles. The van der Waals surface area contributed by atoms with Gasteiger partial charge in [0, 0.05) is 18.8 Å². The molecule has 5 heteroatoms. The Morgan fingerprint density at radius 1 is 1.67 bits per heavy atom. The van der Waals surface area contributed by atoms with Gasteiger partial charge in [0.25, 0.3) is 0 Å². The molecule has 5 nitrogen and oxygen atoms in total. The Morgan fingerprint density at radius 3 is 2.89 bits per heavy atom. The largest absolute Gasteiger partial charge is 0.468 e. The number of hydrogen-bond acceptors (Lipinski definition) is 4. The van der Waals surface area contributed by atoms with Gasteiger partial charge >= 0.3 is 5.97 Å². The monoisotopic (exact) mass is 251 g/mol. The first-order chi connectivity index (χ1) is 8.67. The maximum Gasteiger partial charge on any atom is 0.328 e. The third-order valence-corrected chi connectivity index (χ3v) is 3.81. The van der Waals surface area contributed by atoms with Crippen LogP contribution in [0.3, 0.4) is 0 Å². The zero-order valence-electron chi connectivity index (χ0n) is 11.3. The van der Waals surface area contributed by atoms with Crippen molar-refractivity contribution in [1.29, 1.82) is 0 Å². The minimum Gasteiger partial charge on any atom is -0.468 e. The van der Waals surface area contributed by atoms with E-state index in [1.54, 1.807) is 6.20 Å². The highest BCUT2D eigenvalue weighted by Crippen LogP contribution is 2.41. The molecule has 1 aromatic heterocycles. The van der Waals surface area contributed by atoms with Gasteiger partial charge in [-0.05, 0) is 25.8 Å². The maximum atomic E-state index is 12.2. The first-order valence-corrected chi connectivity index (χ1v) is 6.45. The fourth-order valence-electron chi connectivity index (χ4n) is 2.57. The summed E-state index contributed by atoms with van der Waals surface area (Å²) in [6, 6.07) is 0. The van der Waals surface area contributed by atoms with Crippen LogP contribution >= 0.6 is 0 Å². The van der Waals surface area contributed by atoms with Crippen molar-refractivity contribution in [2.45, 2.75) is 38.3 Å². The molecule has 2 rings (SSSR count). The summed E-state index contributed by atoms with van der Waals surface area (Å²) in [6.07, 6.45) is 6.72. The summed E-state index contributed by atoms with van der Waals surface area (Å²) in [5.41, 5.74) is -0.612. The highest BCUT2D eigenvalue weighted by Gasteiger charge is 2.51. The van der Waals surface area contributed by atoms with Crippen molar-refractivity contribution >= 4 is 5.97 Å². The molecule has 1 unspecified atom stereocenters. The number of hydrogen-bond donors (Lipinski definition) is 1. The molecule has 0 spiro atoms. The number of aromatic nitrogens is 2. The van der Waals surface area contributed by atoms with Gasteiger partial charge in [-0.15, -0.1) is 0 Å². The molecule has 1 heterocycles. The Hall–Kier alpha value is -1.36. The van der Waals surface area contributed by atoms with Crippen LogP contribution in [0.5, 0.6) is 0 Å². The van der Waals surface area contributed by atoms with Crippen molar-refractivity contribution in [3.8, 4) is 0 Å². The molecule has 0 radical (unpaired) electrons. The number of ether oxygens (including phenoxy) is 1. The highest BCUT2D eigenvalue weighted by atomic mass is 16.5. The molecule has 0 aliphatic heterocycles. The first-order valence-electron chi connectivity index (χ1n) is 6.45. The van der Waals surface area contributed by atoms with Crippen LogP contribution in [-0.4, -0.2) is 35.2 Å². The van der Waals surface area contributed by atoms with Crippen molar-refractivity contribution in [3.05, 3.63) is 18.2 Å². The molecule has 18 heavy (non-hydrogen) atoms. The van der Waals surface area contributed by atoms with Gasteiger partial charge in [-0.25, -0.2) is 9.78 Å². The lowest BCUT2D eigenvalue weighted by Gasteiger charge is -2.31. The Morgan fingerprint density at radius 2 is 2.39 bits per heavy atom. The first kappa shape index (κ1) is 13.1. The summed E-state index contributed by atoms with van der Waals surface area (Å²) in [5.74, 6) is 1.18. The minimum atomic E-state index is -0.612. The van der Waals surface area contributed by atoms with Crippen LogP contribution in [-0.2, 0) is 22.5 Å². The molecule has 1 fully saturated rings. The van der Waals surface area contributed by atoms with Crippen molar-refractivity contribution in [1.82, 2.24) is 14.9 Å². The zero-order valence-corrected chi connectivity index (χ0v) is 11.3. The standard InChI is InChI=1S/C13H21N3O2/c1-4-11-15-7-8-16(11)9-13(14-2,10-5-6-10)12(17)18-3/h7-8,10,14H,4-6,9H2,1-3H3. The Balaban J connectivity index is 2.27. The molecule has 0 bridgehead atoms. The van der Waals surface area contributed by atoms with E-state index in [2.05, 4.69) is 17.2 Å². The van der Waals surface area contributed by atoms with Crippen LogP contribution in [0.2, 0.25) is 0 Å². The second kappa shape index (κ2) is 5.10. The molecule has 0 saturated heterocycles. The van der Waals surface area contributed by atoms with E-state index in [1.807, 2.05) is 17.8 Å². The summed E-state index contributed by atoms with van der Waals surface area (Å²) in [7, 11) is 3.28. The van der Waals surface area contributed by atoms with E-state index in [-0.39, 0.29) is 5.97 Å². The van der Waals surface area contributed by atoms with Crippen molar-refractivity contribution < 1.29 is 9.53 Å². The molecule has 1 atom stereocenters. The third-order valence-electron chi connectivity index (χ3n) is 3.81. The topological polar surface area (TPSA) is 56.2 Å². The quantitative estimate of drug-likeness (QED) is 0.766. The second-order valence-electron chi connectivity index (χ2n) is 4.81.